The summed E-state index contributed by atoms with van der Waals surface area (Å²) in [6.07, 6.45) is 0.875. The number of aromatic nitrogens is 1. The molecule has 0 saturated carbocycles. The van der Waals surface area contributed by atoms with E-state index < -0.39 is 0 Å². The zero-order chi connectivity index (χ0) is 16.9. The summed E-state index contributed by atoms with van der Waals surface area (Å²) in [7, 11) is 1.58. The minimum Gasteiger partial charge on any atom is -0.496 e. The van der Waals surface area contributed by atoms with Crippen LogP contribution in [-0.2, 0) is 6.54 Å². The fraction of sp³-hybridized carbons (Fsp3) is 0.250. The number of benzene rings is 2. The lowest BCUT2D eigenvalue weighted by molar-refractivity contribution is 0.0950. The third-order valence-electron chi connectivity index (χ3n) is 4.21. The lowest BCUT2D eigenvalue weighted by Crippen LogP contribution is -2.25. The molecule has 1 amide bonds. The fourth-order valence-electron chi connectivity index (χ4n) is 3.01. The smallest absolute Gasteiger partial charge is 0.255 e. The summed E-state index contributed by atoms with van der Waals surface area (Å²) in [4.78, 5) is 12.3. The van der Waals surface area contributed by atoms with Crippen molar-refractivity contribution in [1.29, 1.82) is 0 Å². The minimum atomic E-state index is -0.0958. The third kappa shape index (κ3) is 3.27. The second kappa shape index (κ2) is 7.21. The van der Waals surface area contributed by atoms with Crippen molar-refractivity contribution in [3.8, 4) is 5.75 Å². The first-order chi connectivity index (χ1) is 11.7. The standard InChI is InChI=1S/C20H22N2O2/c1-15-14-16-8-3-5-10-18(16)22(15)13-7-12-21-20(23)17-9-4-6-11-19(17)24-2/h3-6,8-11,14H,7,12-13H2,1-2H3,(H,21,23). The Morgan fingerprint density at radius 2 is 1.88 bits per heavy atom. The van der Waals surface area contributed by atoms with Gasteiger partial charge in [-0.2, -0.15) is 0 Å². The van der Waals surface area contributed by atoms with Crippen LogP contribution in [-0.4, -0.2) is 24.1 Å². The Morgan fingerprint density at radius 3 is 2.71 bits per heavy atom. The number of nitrogens with zero attached hydrogens (tertiary/aromatic N) is 1. The first kappa shape index (κ1) is 16.1. The van der Waals surface area contributed by atoms with E-state index in [1.807, 2.05) is 12.1 Å². The van der Waals surface area contributed by atoms with E-state index in [-0.39, 0.29) is 5.91 Å². The molecule has 3 rings (SSSR count). The van der Waals surface area contributed by atoms with Crippen LogP contribution in [0.5, 0.6) is 5.75 Å². The maximum Gasteiger partial charge on any atom is 0.255 e. The number of amides is 1. The summed E-state index contributed by atoms with van der Waals surface area (Å²) in [6, 6.07) is 17.8. The molecule has 0 atom stereocenters. The van der Waals surface area contributed by atoms with E-state index in [1.165, 1.54) is 16.6 Å². The lowest BCUT2D eigenvalue weighted by Gasteiger charge is -2.11. The second-order valence-corrected chi connectivity index (χ2v) is 5.81. The molecule has 0 fully saturated rings. The number of carbonyl (C=O) groups excluding carboxylic acids is 1. The van der Waals surface area contributed by atoms with Crippen LogP contribution in [0.3, 0.4) is 0 Å². The van der Waals surface area contributed by atoms with Crippen molar-refractivity contribution >= 4 is 16.8 Å². The van der Waals surface area contributed by atoms with Gasteiger partial charge in [-0.05, 0) is 43.0 Å². The van der Waals surface area contributed by atoms with E-state index in [2.05, 4.69) is 47.1 Å². The number of rotatable bonds is 6. The van der Waals surface area contributed by atoms with Crippen molar-refractivity contribution in [2.75, 3.05) is 13.7 Å². The second-order valence-electron chi connectivity index (χ2n) is 5.81. The number of hydrogen-bond acceptors (Lipinski definition) is 2. The maximum absolute atomic E-state index is 12.3. The number of methoxy groups -OCH3 is 1. The van der Waals surface area contributed by atoms with Crippen LogP contribution in [0, 0.1) is 6.92 Å². The van der Waals surface area contributed by atoms with Crippen LogP contribution in [0.2, 0.25) is 0 Å². The molecule has 0 aliphatic heterocycles. The molecule has 4 nitrogen and oxygen atoms in total. The van der Waals surface area contributed by atoms with Crippen molar-refractivity contribution < 1.29 is 9.53 Å². The average Bonchev–Trinajstić information content (AvgIpc) is 2.93. The van der Waals surface area contributed by atoms with Crippen LogP contribution in [0.4, 0.5) is 0 Å². The van der Waals surface area contributed by atoms with Gasteiger partial charge in [0.15, 0.2) is 0 Å². The van der Waals surface area contributed by atoms with E-state index in [1.54, 1.807) is 19.2 Å². The van der Waals surface area contributed by atoms with Gasteiger partial charge in [0.05, 0.1) is 12.7 Å². The molecule has 1 aromatic heterocycles. The Hall–Kier alpha value is -2.75. The van der Waals surface area contributed by atoms with Crippen LogP contribution in [0.1, 0.15) is 22.5 Å². The predicted molar refractivity (Wildman–Crippen MR) is 96.6 cm³/mol. The molecule has 0 saturated heterocycles. The summed E-state index contributed by atoms with van der Waals surface area (Å²) in [6.45, 7) is 3.63. The van der Waals surface area contributed by atoms with E-state index >= 15 is 0 Å². The first-order valence-electron chi connectivity index (χ1n) is 8.17. The highest BCUT2D eigenvalue weighted by molar-refractivity contribution is 5.96. The predicted octanol–water partition coefficient (Wildman–Crippen LogP) is 3.78. The zero-order valence-electron chi connectivity index (χ0n) is 14.1. The number of para-hydroxylation sites is 2. The molecule has 0 bridgehead atoms. The van der Waals surface area contributed by atoms with Gasteiger partial charge in [-0.1, -0.05) is 30.3 Å². The molecule has 1 N–H and O–H groups in total. The van der Waals surface area contributed by atoms with Gasteiger partial charge in [-0.3, -0.25) is 4.79 Å². The molecule has 4 heteroatoms. The van der Waals surface area contributed by atoms with Crippen LogP contribution in [0.15, 0.2) is 54.6 Å². The van der Waals surface area contributed by atoms with Gasteiger partial charge >= 0.3 is 0 Å². The maximum atomic E-state index is 12.3. The van der Waals surface area contributed by atoms with Crippen LogP contribution >= 0.6 is 0 Å². The van der Waals surface area contributed by atoms with Gasteiger partial charge < -0.3 is 14.6 Å². The van der Waals surface area contributed by atoms with Crippen molar-refractivity contribution in [3.05, 3.63) is 65.9 Å². The monoisotopic (exact) mass is 322 g/mol. The van der Waals surface area contributed by atoms with Crippen LogP contribution in [0.25, 0.3) is 10.9 Å². The van der Waals surface area contributed by atoms with Gasteiger partial charge in [0.2, 0.25) is 0 Å². The molecule has 0 radical (unpaired) electrons. The summed E-state index contributed by atoms with van der Waals surface area (Å²) in [5, 5.41) is 4.23. The third-order valence-corrected chi connectivity index (χ3v) is 4.21. The normalized spacial score (nSPS) is 10.8. The Balaban J connectivity index is 1.59. The number of ether oxygens (including phenoxy) is 1. The topological polar surface area (TPSA) is 43.3 Å². The summed E-state index contributed by atoms with van der Waals surface area (Å²) in [5.74, 6) is 0.504. The lowest BCUT2D eigenvalue weighted by atomic mass is 10.2. The highest BCUT2D eigenvalue weighted by atomic mass is 16.5. The number of nitrogens with one attached hydrogen (secondary N) is 1. The number of aryl methyl sites for hydroxylation is 2. The van der Waals surface area contributed by atoms with Gasteiger partial charge in [0, 0.05) is 24.3 Å². The van der Waals surface area contributed by atoms with E-state index in [0.29, 0.717) is 17.9 Å². The fourth-order valence-corrected chi connectivity index (χ4v) is 3.01. The van der Waals surface area contributed by atoms with E-state index in [0.717, 1.165) is 13.0 Å². The summed E-state index contributed by atoms with van der Waals surface area (Å²) in [5.41, 5.74) is 3.06. The molecule has 124 valence electrons. The molecule has 2 aromatic carbocycles. The minimum absolute atomic E-state index is 0.0958. The van der Waals surface area contributed by atoms with Crippen LogP contribution < -0.4 is 10.1 Å². The Kier molecular flexibility index (Phi) is 4.85. The van der Waals surface area contributed by atoms with Crippen molar-refractivity contribution in [2.24, 2.45) is 0 Å². The van der Waals surface area contributed by atoms with Gasteiger partial charge in [0.25, 0.3) is 5.91 Å². The Bertz CT molecular complexity index is 852. The molecule has 0 spiro atoms. The molecule has 1 heterocycles. The molecule has 24 heavy (non-hydrogen) atoms. The van der Waals surface area contributed by atoms with Gasteiger partial charge in [-0.25, -0.2) is 0 Å². The molecular formula is C20H22N2O2. The number of carbonyl (C=O) groups is 1. The van der Waals surface area contributed by atoms with Crippen molar-refractivity contribution in [2.45, 2.75) is 19.9 Å². The van der Waals surface area contributed by atoms with Crippen molar-refractivity contribution in [3.63, 3.8) is 0 Å². The van der Waals surface area contributed by atoms with Gasteiger partial charge in [0.1, 0.15) is 5.75 Å². The highest BCUT2D eigenvalue weighted by Gasteiger charge is 2.10. The largest absolute Gasteiger partial charge is 0.496 e. The SMILES string of the molecule is COc1ccccc1C(=O)NCCCn1c(C)cc2ccccc21. The van der Waals surface area contributed by atoms with E-state index in [4.69, 9.17) is 4.74 Å². The average molecular weight is 322 g/mol. The molecular weight excluding hydrogens is 300 g/mol. The Morgan fingerprint density at radius 1 is 1.12 bits per heavy atom. The van der Waals surface area contributed by atoms with E-state index in [9.17, 15) is 4.79 Å². The molecule has 0 unspecified atom stereocenters. The number of hydrogen-bond donors (Lipinski definition) is 1. The highest BCUT2D eigenvalue weighted by Crippen LogP contribution is 2.19. The zero-order valence-corrected chi connectivity index (χ0v) is 14.1. The number of fused-ring (bicyclic) bond motifs is 1. The van der Waals surface area contributed by atoms with Gasteiger partial charge in [-0.15, -0.1) is 0 Å². The quantitative estimate of drug-likeness (QED) is 0.702. The Labute approximate surface area is 142 Å². The molecule has 0 aliphatic rings. The molecule has 3 aromatic rings. The first-order valence-corrected chi connectivity index (χ1v) is 8.17. The summed E-state index contributed by atoms with van der Waals surface area (Å²) < 4.78 is 7.53. The molecule has 0 aliphatic carbocycles. The summed E-state index contributed by atoms with van der Waals surface area (Å²) >= 11 is 0. The van der Waals surface area contributed by atoms with Crippen molar-refractivity contribution in [1.82, 2.24) is 9.88 Å².